The van der Waals surface area contributed by atoms with Crippen molar-refractivity contribution >= 4 is 29.8 Å². The van der Waals surface area contributed by atoms with E-state index >= 15 is 0 Å². The Bertz CT molecular complexity index is 1100. The van der Waals surface area contributed by atoms with Crippen molar-refractivity contribution < 1.29 is 28.4 Å². The lowest BCUT2D eigenvalue weighted by atomic mass is 10.1. The summed E-state index contributed by atoms with van der Waals surface area (Å²) in [5.41, 5.74) is 2.88. The Morgan fingerprint density at radius 2 is 1.12 bits per heavy atom. The average Bonchev–Trinajstić information content (AvgIpc) is 2.89. The van der Waals surface area contributed by atoms with Gasteiger partial charge >= 0.3 is 0 Å². The smallest absolute Gasteiger partial charge is 0.203 e. The molecule has 1 N–H and O–H groups in total. The Kier molecular flexibility index (Phi) is 8.81. The second-order valence-electron chi connectivity index (χ2n) is 6.94. The van der Waals surface area contributed by atoms with Gasteiger partial charge < -0.3 is 33.1 Å². The molecule has 0 aliphatic rings. The zero-order valence-corrected chi connectivity index (χ0v) is 20.9. The molecule has 8 heteroatoms. The molecule has 0 aliphatic carbocycles. The maximum Gasteiger partial charge on any atom is 0.203 e. The molecule has 34 heavy (non-hydrogen) atoms. The SMILES string of the molecule is COc1cc(/C=C\c2ccccc2NSc2cc(OC)c(OC)c(OC)c2)cc(OC)c1OC. The van der Waals surface area contributed by atoms with Crippen LogP contribution in [0.25, 0.3) is 12.2 Å². The van der Waals surface area contributed by atoms with Crippen LogP contribution in [0.4, 0.5) is 5.69 Å². The maximum absolute atomic E-state index is 5.45. The highest BCUT2D eigenvalue weighted by atomic mass is 32.2. The molecule has 0 bridgehead atoms. The first-order valence-corrected chi connectivity index (χ1v) is 11.2. The van der Waals surface area contributed by atoms with Gasteiger partial charge in [-0.15, -0.1) is 0 Å². The summed E-state index contributed by atoms with van der Waals surface area (Å²) in [5, 5.41) is 0. The van der Waals surface area contributed by atoms with Crippen LogP contribution in [0.1, 0.15) is 11.1 Å². The highest BCUT2D eigenvalue weighted by Gasteiger charge is 2.14. The molecule has 3 aromatic carbocycles. The van der Waals surface area contributed by atoms with Crippen molar-refractivity contribution in [3.63, 3.8) is 0 Å². The van der Waals surface area contributed by atoms with Crippen molar-refractivity contribution in [2.24, 2.45) is 0 Å². The van der Waals surface area contributed by atoms with Gasteiger partial charge in [-0.3, -0.25) is 0 Å². The van der Waals surface area contributed by atoms with Gasteiger partial charge in [-0.1, -0.05) is 30.4 Å². The predicted molar refractivity (Wildman–Crippen MR) is 137 cm³/mol. The summed E-state index contributed by atoms with van der Waals surface area (Å²) in [6, 6.07) is 15.6. The Hall–Kier alpha value is -3.65. The number of hydrogen-bond acceptors (Lipinski definition) is 8. The zero-order valence-electron chi connectivity index (χ0n) is 20.1. The standard InChI is InChI=1S/C26H29NO6S/c1-28-21-13-17(14-22(29-2)25(21)32-5)11-12-18-9-7-8-10-20(18)27-34-19-15-23(30-3)26(33-6)24(16-19)31-4/h7-16,27H,1-6H3/b12-11-. The summed E-state index contributed by atoms with van der Waals surface area (Å²) in [6.07, 6.45) is 4.02. The number of hydrogen-bond donors (Lipinski definition) is 1. The molecule has 0 radical (unpaired) electrons. The van der Waals surface area contributed by atoms with Crippen molar-refractivity contribution in [2.75, 3.05) is 47.4 Å². The van der Waals surface area contributed by atoms with Crippen molar-refractivity contribution in [3.8, 4) is 34.5 Å². The lowest BCUT2D eigenvalue weighted by Gasteiger charge is -2.15. The summed E-state index contributed by atoms with van der Waals surface area (Å²) < 4.78 is 36.0. The minimum Gasteiger partial charge on any atom is -0.493 e. The van der Waals surface area contributed by atoms with Crippen LogP contribution < -0.4 is 33.1 Å². The first-order valence-electron chi connectivity index (χ1n) is 10.4. The fourth-order valence-electron chi connectivity index (χ4n) is 3.35. The largest absolute Gasteiger partial charge is 0.493 e. The van der Waals surface area contributed by atoms with Crippen LogP contribution in [-0.4, -0.2) is 42.7 Å². The third kappa shape index (κ3) is 5.63. The number of methoxy groups -OCH3 is 6. The van der Waals surface area contributed by atoms with Gasteiger partial charge in [0.2, 0.25) is 11.5 Å². The molecule has 0 aromatic heterocycles. The summed E-state index contributed by atoms with van der Waals surface area (Å²) in [5.74, 6) is 3.52. The van der Waals surface area contributed by atoms with Crippen molar-refractivity contribution in [2.45, 2.75) is 4.90 Å². The van der Waals surface area contributed by atoms with Gasteiger partial charge in [-0.05, 0) is 53.4 Å². The van der Waals surface area contributed by atoms with E-state index in [2.05, 4.69) is 4.72 Å². The Balaban J connectivity index is 1.84. The molecule has 180 valence electrons. The number of benzene rings is 3. The average molecular weight is 484 g/mol. The fourth-order valence-corrected chi connectivity index (χ4v) is 4.09. The van der Waals surface area contributed by atoms with Crippen LogP contribution in [0.15, 0.2) is 53.4 Å². The van der Waals surface area contributed by atoms with Crippen LogP contribution in [0.3, 0.4) is 0 Å². The van der Waals surface area contributed by atoms with E-state index < -0.39 is 0 Å². The number of nitrogens with one attached hydrogen (secondary N) is 1. The van der Waals surface area contributed by atoms with Crippen LogP contribution in [-0.2, 0) is 0 Å². The summed E-state index contributed by atoms with van der Waals surface area (Å²) >= 11 is 1.45. The molecule has 0 heterocycles. The van der Waals surface area contributed by atoms with Gasteiger partial charge in [0.15, 0.2) is 23.0 Å². The first-order chi connectivity index (χ1) is 16.6. The van der Waals surface area contributed by atoms with Gasteiger partial charge in [-0.2, -0.15) is 0 Å². The van der Waals surface area contributed by atoms with Crippen LogP contribution in [0.5, 0.6) is 34.5 Å². The maximum atomic E-state index is 5.45. The monoisotopic (exact) mass is 483 g/mol. The minimum atomic E-state index is 0.558. The van der Waals surface area contributed by atoms with Crippen molar-refractivity contribution in [1.82, 2.24) is 0 Å². The molecule has 0 unspecified atom stereocenters. The summed E-state index contributed by atoms with van der Waals surface area (Å²) in [7, 11) is 9.57. The highest BCUT2D eigenvalue weighted by molar-refractivity contribution is 8.00. The molecular weight excluding hydrogens is 454 g/mol. The Morgan fingerprint density at radius 3 is 1.62 bits per heavy atom. The molecule has 0 saturated carbocycles. The molecule has 0 fully saturated rings. The molecule has 0 saturated heterocycles. The second-order valence-corrected chi connectivity index (χ2v) is 7.82. The summed E-state index contributed by atoms with van der Waals surface area (Å²) in [4.78, 5) is 0.915. The van der Waals surface area contributed by atoms with Gasteiger partial charge in [0.25, 0.3) is 0 Å². The topological polar surface area (TPSA) is 67.4 Å². The van der Waals surface area contributed by atoms with Crippen molar-refractivity contribution in [1.29, 1.82) is 0 Å². The number of anilines is 1. The lowest BCUT2D eigenvalue weighted by molar-refractivity contribution is 0.323. The molecule has 3 rings (SSSR count). The van der Waals surface area contributed by atoms with E-state index in [0.29, 0.717) is 34.5 Å². The number of ether oxygens (including phenoxy) is 6. The molecule has 0 atom stereocenters. The number of rotatable bonds is 11. The van der Waals surface area contributed by atoms with E-state index in [-0.39, 0.29) is 0 Å². The third-order valence-electron chi connectivity index (χ3n) is 5.02. The fraction of sp³-hybridized carbons (Fsp3) is 0.231. The molecule has 0 aliphatic heterocycles. The molecule has 7 nitrogen and oxygen atoms in total. The lowest BCUT2D eigenvalue weighted by Crippen LogP contribution is -1.96. The van der Waals surface area contributed by atoms with Crippen LogP contribution >= 0.6 is 11.9 Å². The zero-order chi connectivity index (χ0) is 24.5. The first kappa shape index (κ1) is 25.0. The van der Waals surface area contributed by atoms with E-state index in [9.17, 15) is 0 Å². The van der Waals surface area contributed by atoms with E-state index in [4.69, 9.17) is 28.4 Å². The second kappa shape index (κ2) is 12.0. The molecule has 3 aromatic rings. The van der Waals surface area contributed by atoms with E-state index in [1.807, 2.05) is 60.7 Å². The van der Waals surface area contributed by atoms with Crippen molar-refractivity contribution in [3.05, 3.63) is 59.7 Å². The Morgan fingerprint density at radius 1 is 0.618 bits per heavy atom. The minimum absolute atomic E-state index is 0.558. The number of para-hydroxylation sites is 1. The quantitative estimate of drug-likeness (QED) is 0.262. The van der Waals surface area contributed by atoms with Crippen LogP contribution in [0.2, 0.25) is 0 Å². The van der Waals surface area contributed by atoms with Gasteiger partial charge in [0.1, 0.15) is 0 Å². The van der Waals surface area contributed by atoms with Gasteiger partial charge in [-0.25, -0.2) is 0 Å². The van der Waals surface area contributed by atoms with E-state index in [1.54, 1.807) is 42.7 Å². The molecule has 0 spiro atoms. The van der Waals surface area contributed by atoms with E-state index in [0.717, 1.165) is 21.7 Å². The normalized spacial score (nSPS) is 10.6. The molecule has 0 amide bonds. The molecular formula is C26H29NO6S. The van der Waals surface area contributed by atoms with Crippen LogP contribution in [0, 0.1) is 0 Å². The third-order valence-corrected chi connectivity index (χ3v) is 5.81. The Labute approximate surface area is 204 Å². The van der Waals surface area contributed by atoms with E-state index in [1.165, 1.54) is 11.9 Å². The predicted octanol–water partition coefficient (Wildman–Crippen LogP) is 6.03. The van der Waals surface area contributed by atoms with Gasteiger partial charge in [0.05, 0.1) is 48.3 Å². The van der Waals surface area contributed by atoms with Gasteiger partial charge in [0, 0.05) is 4.90 Å². The highest BCUT2D eigenvalue weighted by Crippen LogP contribution is 2.41. The summed E-state index contributed by atoms with van der Waals surface area (Å²) in [6.45, 7) is 0.